The van der Waals surface area contributed by atoms with Crippen LogP contribution in [0.15, 0.2) is 37.0 Å². The molecular weight excluding hydrogens is 460 g/mol. The lowest BCUT2D eigenvalue weighted by molar-refractivity contribution is -0.140. The number of nitrogens with zero attached hydrogens (tertiary/aromatic N) is 2. The Labute approximate surface area is 228 Å². The molecule has 2 N–H and O–H groups in total. The minimum atomic E-state index is -0.367. The van der Waals surface area contributed by atoms with E-state index in [4.69, 9.17) is 0 Å². The molecule has 0 aromatic rings. The minimum Gasteiger partial charge on any atom is -0.343 e. The van der Waals surface area contributed by atoms with E-state index in [1.54, 1.807) is 13.1 Å². The van der Waals surface area contributed by atoms with Crippen LogP contribution in [-0.4, -0.2) is 73.5 Å². The number of unbranched alkanes of at least 4 members (excludes halogenated alkanes) is 1. The van der Waals surface area contributed by atoms with Crippen LogP contribution in [0.5, 0.6) is 0 Å². The summed E-state index contributed by atoms with van der Waals surface area (Å²) >= 11 is 0. The van der Waals surface area contributed by atoms with Gasteiger partial charge in [-0.25, -0.2) is 0 Å². The molecule has 0 aromatic carbocycles. The number of fused-ring (bicyclic) bond motifs is 1. The number of piperidine rings is 1. The van der Waals surface area contributed by atoms with Gasteiger partial charge in [-0.3, -0.25) is 9.59 Å². The second-order valence-electron chi connectivity index (χ2n) is 9.90. The molecule has 6 heteroatoms. The van der Waals surface area contributed by atoms with E-state index < -0.39 is 0 Å². The fraction of sp³-hybridized carbons (Fsp3) is 0.742. The van der Waals surface area contributed by atoms with Crippen LogP contribution in [-0.2, 0) is 9.59 Å². The predicted molar refractivity (Wildman–Crippen MR) is 158 cm³/mol. The number of nitrogens with one attached hydrogen (secondary N) is 2. The number of amides is 2. The molecule has 0 aromatic heterocycles. The molecule has 3 rings (SSSR count). The van der Waals surface area contributed by atoms with Gasteiger partial charge in [0.25, 0.3) is 0 Å². The lowest BCUT2D eigenvalue weighted by atomic mass is 9.83. The Kier molecular flexibility index (Phi) is 18.0. The second-order valence-corrected chi connectivity index (χ2v) is 9.90. The first-order valence-electron chi connectivity index (χ1n) is 15.0. The summed E-state index contributed by atoms with van der Waals surface area (Å²) in [4.78, 5) is 30.9. The van der Waals surface area contributed by atoms with E-state index in [9.17, 15) is 9.59 Å². The van der Waals surface area contributed by atoms with Gasteiger partial charge in [-0.2, -0.15) is 0 Å². The first-order valence-corrected chi connectivity index (χ1v) is 15.0. The van der Waals surface area contributed by atoms with Gasteiger partial charge in [0, 0.05) is 19.1 Å². The monoisotopic (exact) mass is 516 g/mol. The van der Waals surface area contributed by atoms with Crippen LogP contribution in [0.1, 0.15) is 85.5 Å². The van der Waals surface area contributed by atoms with E-state index in [1.165, 1.54) is 12.8 Å². The number of likely N-dealkylation sites (tertiary alicyclic amines) is 2. The average Bonchev–Trinajstić information content (AvgIpc) is 3.37. The lowest BCUT2D eigenvalue weighted by Gasteiger charge is -2.40. The summed E-state index contributed by atoms with van der Waals surface area (Å²) in [6, 6.07) is -0.0707. The highest BCUT2D eigenvalue weighted by molar-refractivity contribution is 5.89. The van der Waals surface area contributed by atoms with Gasteiger partial charge >= 0.3 is 0 Å². The van der Waals surface area contributed by atoms with Crippen molar-refractivity contribution in [3.8, 4) is 0 Å². The van der Waals surface area contributed by atoms with Gasteiger partial charge in [0.15, 0.2) is 0 Å². The molecule has 2 aliphatic heterocycles. The van der Waals surface area contributed by atoms with Crippen LogP contribution >= 0.6 is 0 Å². The Balaban J connectivity index is 0.00000163. The quantitative estimate of drug-likeness (QED) is 0.288. The van der Waals surface area contributed by atoms with Crippen molar-refractivity contribution in [2.45, 2.75) is 97.6 Å². The van der Waals surface area contributed by atoms with Crippen LogP contribution in [0, 0.1) is 11.8 Å². The summed E-state index contributed by atoms with van der Waals surface area (Å²) in [5, 5.41) is 6.03. The summed E-state index contributed by atoms with van der Waals surface area (Å²) < 4.78 is 0. The first-order chi connectivity index (χ1) is 18.1. The molecule has 6 nitrogen and oxygen atoms in total. The van der Waals surface area contributed by atoms with Gasteiger partial charge in [0.05, 0.1) is 6.54 Å². The highest BCUT2D eigenvalue weighted by atomic mass is 16.2. The molecule has 1 aliphatic carbocycles. The van der Waals surface area contributed by atoms with Crippen LogP contribution in [0.3, 0.4) is 0 Å². The molecule has 0 spiro atoms. The highest BCUT2D eigenvalue weighted by Gasteiger charge is 2.44. The molecular formula is C31H56N4O2. The van der Waals surface area contributed by atoms with E-state index >= 15 is 0 Å². The number of hydrogen-bond acceptors (Lipinski definition) is 4. The summed E-state index contributed by atoms with van der Waals surface area (Å²) in [6.07, 6.45) is 20.1. The van der Waals surface area contributed by atoms with Crippen LogP contribution in [0.2, 0.25) is 0 Å². The Morgan fingerprint density at radius 3 is 2.35 bits per heavy atom. The van der Waals surface area contributed by atoms with E-state index in [0.29, 0.717) is 12.0 Å². The van der Waals surface area contributed by atoms with Crippen molar-refractivity contribution in [2.75, 3.05) is 39.8 Å². The largest absolute Gasteiger partial charge is 0.343 e. The van der Waals surface area contributed by atoms with Gasteiger partial charge in [0.1, 0.15) is 6.04 Å². The number of carbonyl (C=O) groups is 2. The molecule has 3 fully saturated rings. The molecule has 2 saturated heterocycles. The summed E-state index contributed by atoms with van der Waals surface area (Å²) in [5.41, 5.74) is 0. The van der Waals surface area contributed by atoms with Crippen LogP contribution < -0.4 is 10.6 Å². The molecule has 0 radical (unpaired) electrons. The number of rotatable bonds is 11. The zero-order valence-corrected chi connectivity index (χ0v) is 24.5. The van der Waals surface area contributed by atoms with Crippen LogP contribution in [0.4, 0.5) is 0 Å². The van der Waals surface area contributed by atoms with Gasteiger partial charge in [-0.1, -0.05) is 83.9 Å². The molecule has 2 heterocycles. The van der Waals surface area contributed by atoms with Crippen molar-refractivity contribution in [1.29, 1.82) is 0 Å². The fourth-order valence-electron chi connectivity index (χ4n) is 5.85. The SMILES string of the molecule is C=C/C=C\C=C/CCCN1CC[C@@H]2CCN(C(=O)C(NC(=O)CNC)C3CCCCC3)[C@@H]2C1.CC.CC. The summed E-state index contributed by atoms with van der Waals surface area (Å²) in [6.45, 7) is 16.0. The number of carbonyl (C=O) groups excluding carboxylic acids is 2. The maximum atomic E-state index is 13.8. The molecule has 1 unspecified atom stereocenters. The zero-order chi connectivity index (χ0) is 27.5. The van der Waals surface area contributed by atoms with E-state index in [-0.39, 0.29) is 30.3 Å². The minimum absolute atomic E-state index is 0.0709. The Hall–Kier alpha value is -1.92. The van der Waals surface area contributed by atoms with Crippen molar-refractivity contribution in [3.05, 3.63) is 37.0 Å². The molecule has 1 saturated carbocycles. The van der Waals surface area contributed by atoms with Gasteiger partial charge < -0.3 is 20.4 Å². The van der Waals surface area contributed by atoms with E-state index in [0.717, 1.165) is 71.1 Å². The fourth-order valence-corrected chi connectivity index (χ4v) is 5.85. The Morgan fingerprint density at radius 1 is 0.973 bits per heavy atom. The molecule has 2 amide bonds. The Morgan fingerprint density at radius 2 is 1.68 bits per heavy atom. The van der Waals surface area contributed by atoms with E-state index in [2.05, 4.69) is 39.2 Å². The normalized spacial score (nSPS) is 23.0. The van der Waals surface area contributed by atoms with Crippen molar-refractivity contribution in [1.82, 2.24) is 20.4 Å². The third kappa shape index (κ3) is 11.2. The first kappa shape index (κ1) is 33.1. The summed E-state index contributed by atoms with van der Waals surface area (Å²) in [5.74, 6) is 0.970. The Bertz CT molecular complexity index is 699. The molecule has 0 bridgehead atoms. The third-order valence-electron chi connectivity index (χ3n) is 7.61. The standard InChI is InChI=1S/C27H44N4O2.2C2H6/c1-3-4-5-6-7-8-12-17-30-18-15-22-16-19-31(24(22)21-30)27(33)26(29-25(32)20-28-2)23-13-10-9-11-14-23;2*1-2/h3-7,22-24,26,28H,1,8-21H2,2H3,(H,29,32);2*1-2H3/b5-4-,7-6-;;/t22-,24-,26?;;/m1../s1. The molecule has 212 valence electrons. The van der Waals surface area contributed by atoms with Crippen molar-refractivity contribution >= 4 is 11.8 Å². The average molecular weight is 517 g/mol. The smallest absolute Gasteiger partial charge is 0.245 e. The zero-order valence-electron chi connectivity index (χ0n) is 24.5. The van der Waals surface area contributed by atoms with Crippen molar-refractivity contribution in [2.24, 2.45) is 11.8 Å². The predicted octanol–water partition coefficient (Wildman–Crippen LogP) is 5.32. The molecule has 37 heavy (non-hydrogen) atoms. The van der Waals surface area contributed by atoms with E-state index in [1.807, 2.05) is 39.8 Å². The van der Waals surface area contributed by atoms with Gasteiger partial charge in [-0.05, 0) is 70.5 Å². The number of allylic oxidation sites excluding steroid dienone is 5. The van der Waals surface area contributed by atoms with Crippen molar-refractivity contribution in [3.63, 3.8) is 0 Å². The summed E-state index contributed by atoms with van der Waals surface area (Å²) in [7, 11) is 1.77. The lowest BCUT2D eigenvalue weighted by Crippen LogP contribution is -2.57. The van der Waals surface area contributed by atoms with Gasteiger partial charge in [-0.15, -0.1) is 0 Å². The highest BCUT2D eigenvalue weighted by Crippen LogP contribution is 2.34. The molecule has 3 atom stereocenters. The topological polar surface area (TPSA) is 64.7 Å². The van der Waals surface area contributed by atoms with Gasteiger partial charge in [0.2, 0.25) is 11.8 Å². The number of hydrogen-bond donors (Lipinski definition) is 2. The second kappa shape index (κ2) is 20.1. The third-order valence-corrected chi connectivity index (χ3v) is 7.61. The maximum absolute atomic E-state index is 13.8. The van der Waals surface area contributed by atoms with Crippen LogP contribution in [0.25, 0.3) is 0 Å². The van der Waals surface area contributed by atoms with Crippen molar-refractivity contribution < 1.29 is 9.59 Å². The number of likely N-dealkylation sites (N-methyl/N-ethyl adjacent to an activating group) is 1. The maximum Gasteiger partial charge on any atom is 0.245 e. The molecule has 3 aliphatic rings.